The topological polar surface area (TPSA) is 77.2 Å². The van der Waals surface area contributed by atoms with Gasteiger partial charge in [-0.1, -0.05) is 6.07 Å². The highest BCUT2D eigenvalue weighted by molar-refractivity contribution is 14.1. The molecule has 1 heterocycles. The number of aromatic nitrogens is 1. The highest BCUT2D eigenvalue weighted by atomic mass is 127. The molecule has 1 fully saturated rings. The van der Waals surface area contributed by atoms with Crippen LogP contribution >= 0.6 is 35.0 Å². The molecule has 3 rings (SSSR count). The van der Waals surface area contributed by atoms with Gasteiger partial charge in [0.25, 0.3) is 5.91 Å². The van der Waals surface area contributed by atoms with Gasteiger partial charge in [0, 0.05) is 15.7 Å². The van der Waals surface area contributed by atoms with Crippen LogP contribution in [-0.2, 0) is 0 Å². The second kappa shape index (κ2) is 9.48. The van der Waals surface area contributed by atoms with Gasteiger partial charge in [0.05, 0.1) is 6.20 Å². The minimum atomic E-state index is -0.578. The summed E-state index contributed by atoms with van der Waals surface area (Å²) in [7, 11) is 0. The van der Waals surface area contributed by atoms with Crippen LogP contribution in [0.15, 0.2) is 36.5 Å². The smallest absolute Gasteiger partial charge is 0.257 e. The lowest BCUT2D eigenvalue weighted by atomic mass is 9.91. The number of nitrogens with one attached hydrogen (secondary N) is 1. The van der Waals surface area contributed by atoms with E-state index < -0.39 is 5.82 Å². The Hall–Kier alpha value is -1.45. The first-order valence-corrected chi connectivity index (χ1v) is 9.24. The summed E-state index contributed by atoms with van der Waals surface area (Å²) in [4.78, 5) is 16.5. The molecule has 1 aliphatic rings. The average Bonchev–Trinajstić information content (AvgIpc) is 2.58. The zero-order valence-electron chi connectivity index (χ0n) is 14.0. The number of hydrogen-bond acceptors (Lipinski definition) is 4. The van der Waals surface area contributed by atoms with E-state index in [4.69, 9.17) is 10.5 Å². The van der Waals surface area contributed by atoms with E-state index in [2.05, 4.69) is 32.9 Å². The number of halogens is 3. The predicted octanol–water partition coefficient (Wildman–Crippen LogP) is 4.04. The number of hydrogen-bond donors (Lipinski definition) is 2. The molecule has 0 aliphatic heterocycles. The number of amides is 1. The fourth-order valence-corrected chi connectivity index (χ4v) is 3.35. The molecule has 26 heavy (non-hydrogen) atoms. The monoisotopic (exact) mass is 491 g/mol. The van der Waals surface area contributed by atoms with Gasteiger partial charge in [-0.3, -0.25) is 4.79 Å². The lowest BCUT2D eigenvalue weighted by Gasteiger charge is -2.27. The molecule has 0 unspecified atom stereocenters. The summed E-state index contributed by atoms with van der Waals surface area (Å²) in [5.74, 6) is -0.323. The third-order valence-electron chi connectivity index (χ3n) is 4.18. The number of pyridine rings is 1. The molecule has 1 amide bonds. The van der Waals surface area contributed by atoms with Gasteiger partial charge >= 0.3 is 0 Å². The molecule has 1 aliphatic carbocycles. The summed E-state index contributed by atoms with van der Waals surface area (Å²) in [5, 5.41) is 2.94. The third kappa shape index (κ3) is 5.52. The summed E-state index contributed by atoms with van der Waals surface area (Å²) in [6, 6.07) is 8.73. The van der Waals surface area contributed by atoms with Crippen LogP contribution in [0.5, 0.6) is 11.6 Å². The van der Waals surface area contributed by atoms with E-state index in [9.17, 15) is 9.18 Å². The Balaban J connectivity index is 0.00000243. The number of ether oxygens (including phenoxy) is 1. The first-order valence-electron chi connectivity index (χ1n) is 8.16. The van der Waals surface area contributed by atoms with Crippen LogP contribution in [0.4, 0.5) is 4.39 Å². The number of nitrogens with zero attached hydrogens (tertiary/aromatic N) is 1. The second-order valence-electron chi connectivity index (χ2n) is 6.15. The lowest BCUT2D eigenvalue weighted by molar-refractivity contribution is 0.0922. The van der Waals surface area contributed by atoms with Crippen LogP contribution in [0.2, 0.25) is 0 Å². The van der Waals surface area contributed by atoms with E-state index in [1.54, 1.807) is 6.07 Å². The van der Waals surface area contributed by atoms with Crippen LogP contribution in [0.25, 0.3) is 0 Å². The minimum Gasteiger partial charge on any atom is -0.438 e. The fraction of sp³-hybridized carbons (Fsp3) is 0.333. The summed E-state index contributed by atoms with van der Waals surface area (Å²) in [6.07, 6.45) is 4.43. The largest absolute Gasteiger partial charge is 0.438 e. The highest BCUT2D eigenvalue weighted by Crippen LogP contribution is 2.26. The molecule has 8 heteroatoms. The molecule has 0 bridgehead atoms. The molecule has 0 radical (unpaired) electrons. The van der Waals surface area contributed by atoms with Crippen molar-refractivity contribution in [3.8, 4) is 11.6 Å². The van der Waals surface area contributed by atoms with Crippen molar-refractivity contribution < 1.29 is 13.9 Å². The Morgan fingerprint density at radius 3 is 2.69 bits per heavy atom. The van der Waals surface area contributed by atoms with Gasteiger partial charge in [0.2, 0.25) is 5.88 Å². The van der Waals surface area contributed by atoms with E-state index in [1.165, 1.54) is 0 Å². The normalized spacial score (nSPS) is 19.3. The van der Waals surface area contributed by atoms with Crippen LogP contribution in [0.1, 0.15) is 36.0 Å². The molecule has 1 saturated carbocycles. The van der Waals surface area contributed by atoms with Gasteiger partial charge in [-0.2, -0.15) is 0 Å². The Kier molecular flexibility index (Phi) is 7.60. The first-order chi connectivity index (χ1) is 12.0. The van der Waals surface area contributed by atoms with Gasteiger partial charge < -0.3 is 15.8 Å². The standard InChI is InChI=1S/C18H19FIN3O2.ClH/c19-11-8-16(17(24)23-14-6-4-13(21)5-7-14)18(22-10-11)25-15-3-1-2-12(20)9-15;/h1-3,8-10,13-14H,4-7,21H2,(H,23,24);1H/t13-,14-;. The molecule has 1 aromatic carbocycles. The van der Waals surface area contributed by atoms with Gasteiger partial charge in [-0.15, -0.1) is 12.4 Å². The summed E-state index contributed by atoms with van der Waals surface area (Å²) < 4.78 is 20.3. The zero-order valence-corrected chi connectivity index (χ0v) is 16.9. The fourth-order valence-electron chi connectivity index (χ4n) is 2.84. The maximum absolute atomic E-state index is 13.6. The van der Waals surface area contributed by atoms with Crippen molar-refractivity contribution in [2.24, 2.45) is 5.73 Å². The van der Waals surface area contributed by atoms with Crippen molar-refractivity contribution in [2.45, 2.75) is 37.8 Å². The summed E-state index contributed by atoms with van der Waals surface area (Å²) >= 11 is 2.16. The Labute approximate surface area is 171 Å². The van der Waals surface area contributed by atoms with Gasteiger partial charge in [-0.25, -0.2) is 9.37 Å². The van der Waals surface area contributed by atoms with Crippen LogP contribution in [0, 0.1) is 9.39 Å². The SMILES string of the molecule is Cl.N[C@H]1CC[C@H](NC(=O)c2cc(F)cnc2Oc2cccc(I)c2)CC1. The number of rotatable bonds is 4. The van der Waals surface area contributed by atoms with E-state index in [1.807, 2.05) is 18.2 Å². The van der Waals surface area contributed by atoms with Crippen molar-refractivity contribution >= 4 is 40.9 Å². The molecule has 5 nitrogen and oxygen atoms in total. The quantitative estimate of drug-likeness (QED) is 0.633. The van der Waals surface area contributed by atoms with Crippen LogP contribution in [-0.4, -0.2) is 23.0 Å². The van der Waals surface area contributed by atoms with Gasteiger partial charge in [0.1, 0.15) is 17.1 Å². The van der Waals surface area contributed by atoms with Gasteiger partial charge in [0.15, 0.2) is 0 Å². The Morgan fingerprint density at radius 1 is 1.27 bits per heavy atom. The molecule has 0 spiro atoms. The molecule has 2 aromatic rings. The Bertz CT molecular complexity index is 770. The van der Waals surface area contributed by atoms with Crippen molar-refractivity contribution in [1.82, 2.24) is 10.3 Å². The van der Waals surface area contributed by atoms with Crippen molar-refractivity contribution in [3.63, 3.8) is 0 Å². The van der Waals surface area contributed by atoms with E-state index in [0.717, 1.165) is 41.5 Å². The zero-order chi connectivity index (χ0) is 17.8. The van der Waals surface area contributed by atoms with Crippen LogP contribution < -0.4 is 15.8 Å². The molecule has 0 atom stereocenters. The van der Waals surface area contributed by atoms with E-state index in [0.29, 0.717) is 5.75 Å². The number of benzene rings is 1. The number of carbonyl (C=O) groups is 1. The first kappa shape index (κ1) is 20.9. The maximum atomic E-state index is 13.6. The minimum absolute atomic E-state index is 0. The lowest BCUT2D eigenvalue weighted by Crippen LogP contribution is -2.40. The number of carbonyl (C=O) groups excluding carboxylic acids is 1. The molecule has 1 aromatic heterocycles. The third-order valence-corrected chi connectivity index (χ3v) is 4.85. The second-order valence-corrected chi connectivity index (χ2v) is 7.40. The molecule has 140 valence electrons. The van der Waals surface area contributed by atoms with E-state index in [-0.39, 0.29) is 41.8 Å². The average molecular weight is 492 g/mol. The van der Waals surface area contributed by atoms with Crippen molar-refractivity contribution in [2.75, 3.05) is 0 Å². The molecule has 3 N–H and O–H groups in total. The van der Waals surface area contributed by atoms with Gasteiger partial charge in [-0.05, 0) is 72.5 Å². The summed E-state index contributed by atoms with van der Waals surface area (Å²) in [6.45, 7) is 0. The molecular weight excluding hydrogens is 472 g/mol. The maximum Gasteiger partial charge on any atom is 0.257 e. The molecule has 0 saturated heterocycles. The highest BCUT2D eigenvalue weighted by Gasteiger charge is 2.23. The van der Waals surface area contributed by atoms with Crippen molar-refractivity contribution in [3.05, 3.63) is 51.5 Å². The predicted molar refractivity (Wildman–Crippen MR) is 108 cm³/mol. The van der Waals surface area contributed by atoms with Crippen molar-refractivity contribution in [1.29, 1.82) is 0 Å². The van der Waals surface area contributed by atoms with Crippen LogP contribution in [0.3, 0.4) is 0 Å². The Morgan fingerprint density at radius 2 is 2.00 bits per heavy atom. The molecular formula is C18H20ClFIN3O2. The number of nitrogens with two attached hydrogens (primary N) is 1. The summed E-state index contributed by atoms with van der Waals surface area (Å²) in [5.41, 5.74) is 5.98. The van der Waals surface area contributed by atoms with E-state index >= 15 is 0 Å².